The van der Waals surface area contributed by atoms with E-state index in [0.717, 1.165) is 27.7 Å². The Hall–Kier alpha value is -5.80. The molecule has 0 spiro atoms. The normalized spacial score (nSPS) is 13.9. The summed E-state index contributed by atoms with van der Waals surface area (Å²) in [4.78, 5) is 56.2. The van der Waals surface area contributed by atoms with Gasteiger partial charge in [0.2, 0.25) is 5.75 Å². The molecule has 5 aromatic rings. The number of nitrogens with zero attached hydrogens (tertiary/aromatic N) is 3. The second-order valence-corrected chi connectivity index (χ2v) is 13.7. The number of nitro groups is 1. The summed E-state index contributed by atoms with van der Waals surface area (Å²) >= 11 is 4.53. The van der Waals surface area contributed by atoms with Gasteiger partial charge in [-0.05, 0) is 88.4 Å². The van der Waals surface area contributed by atoms with Crippen LogP contribution in [0.4, 0.5) is 5.69 Å². The maximum absolute atomic E-state index is 14.3. The summed E-state index contributed by atoms with van der Waals surface area (Å²) in [5, 5.41) is 14.3. The molecule has 1 aliphatic rings. The van der Waals surface area contributed by atoms with Gasteiger partial charge in [0.1, 0.15) is 6.61 Å². The first-order valence-electron chi connectivity index (χ1n) is 16.8. The van der Waals surface area contributed by atoms with E-state index in [1.54, 1.807) is 45.0 Å². The number of halogens is 1. The highest BCUT2D eigenvalue weighted by molar-refractivity contribution is 9.10. The average molecular weight is 817 g/mol. The zero-order valence-electron chi connectivity index (χ0n) is 29.6. The largest absolute Gasteiger partial charge is 0.490 e. The van der Waals surface area contributed by atoms with E-state index in [1.165, 1.54) is 23.8 Å². The highest BCUT2D eigenvalue weighted by Crippen LogP contribution is 2.39. The number of aromatic nitrogens is 1. The van der Waals surface area contributed by atoms with Gasteiger partial charge in [-0.2, -0.15) is 0 Å². The minimum atomic E-state index is -0.984. The topological polar surface area (TPSA) is 158 Å². The van der Waals surface area contributed by atoms with Crippen LogP contribution in [0.1, 0.15) is 43.5 Å². The Balaban J connectivity index is 1.42. The van der Waals surface area contributed by atoms with Gasteiger partial charge in [-0.15, -0.1) is 0 Å². The molecule has 0 saturated carbocycles. The second-order valence-electron chi connectivity index (χ2n) is 11.8. The highest BCUT2D eigenvalue weighted by atomic mass is 79.9. The first kappa shape index (κ1) is 37.9. The molecule has 1 aliphatic heterocycles. The molecule has 1 atom stereocenters. The summed E-state index contributed by atoms with van der Waals surface area (Å²) in [7, 11) is 1.25. The van der Waals surface area contributed by atoms with E-state index in [2.05, 4.69) is 25.7 Å². The van der Waals surface area contributed by atoms with Crippen molar-refractivity contribution in [2.24, 2.45) is 4.99 Å². The molecule has 13 nitrogen and oxygen atoms in total. The van der Waals surface area contributed by atoms with Crippen LogP contribution in [-0.4, -0.2) is 48.4 Å². The molecule has 0 radical (unpaired) electrons. The van der Waals surface area contributed by atoms with Gasteiger partial charge in [-0.25, -0.2) is 14.6 Å². The van der Waals surface area contributed by atoms with Crippen LogP contribution >= 0.6 is 27.3 Å². The van der Waals surface area contributed by atoms with Crippen molar-refractivity contribution in [2.75, 3.05) is 26.9 Å². The van der Waals surface area contributed by atoms with E-state index >= 15 is 0 Å². The number of hydrogen-bond acceptors (Lipinski definition) is 12. The molecule has 1 aromatic heterocycles. The molecule has 0 saturated heterocycles. The standard InChI is InChI=1S/C39H34BrN3O10S/c1-5-50-31-19-25(14-15-30(31)52-21-33(44)49-4)35-34(38(46)51-6-2)22(3)41-39-42(35)37(45)32(54-39)18-23-16-28(40)36(29(17-23)43(47)48)53-20-26-12-9-11-24-10-7-8-13-27(24)26/h7-19,35H,5-6,20-21H2,1-4H3/b32-18+/t35-/m0/s1. The first-order valence-corrected chi connectivity index (χ1v) is 18.4. The van der Waals surface area contributed by atoms with Gasteiger partial charge < -0.3 is 23.7 Å². The Morgan fingerprint density at radius 2 is 1.78 bits per heavy atom. The van der Waals surface area contributed by atoms with Crippen LogP contribution < -0.4 is 29.1 Å². The predicted octanol–water partition coefficient (Wildman–Crippen LogP) is 6.15. The lowest BCUT2D eigenvalue weighted by molar-refractivity contribution is -0.386. The van der Waals surface area contributed by atoms with E-state index < -0.39 is 28.5 Å². The number of ether oxygens (including phenoxy) is 5. The van der Waals surface area contributed by atoms with Crippen LogP contribution in [0.3, 0.4) is 0 Å². The SMILES string of the molecule is CCOC(=O)C1=C(C)N=c2s/c(=C/c3cc(Br)c(OCc4cccc5ccccc45)c([N+](=O)[O-])c3)c(=O)n2[C@H]1c1ccc(OCC(=O)OC)c(OCC)c1. The lowest BCUT2D eigenvalue weighted by Gasteiger charge is -2.25. The number of esters is 2. The van der Waals surface area contributed by atoms with Crippen LogP contribution in [0.15, 0.2) is 98.3 Å². The minimum absolute atomic E-state index is 0.0466. The molecule has 0 aliphatic carbocycles. The maximum atomic E-state index is 14.3. The Labute approximate surface area is 321 Å². The number of benzene rings is 4. The molecule has 0 bridgehead atoms. The number of thiazole rings is 1. The van der Waals surface area contributed by atoms with Crippen LogP contribution in [0, 0.1) is 10.1 Å². The molecular weight excluding hydrogens is 782 g/mol. The van der Waals surface area contributed by atoms with Crippen molar-refractivity contribution in [1.29, 1.82) is 0 Å². The molecule has 0 N–H and O–H groups in total. The van der Waals surface area contributed by atoms with E-state index in [0.29, 0.717) is 26.1 Å². The van der Waals surface area contributed by atoms with Crippen molar-refractivity contribution in [2.45, 2.75) is 33.4 Å². The Morgan fingerprint density at radius 1 is 1.00 bits per heavy atom. The Kier molecular flexibility index (Phi) is 11.6. The molecule has 4 aromatic carbocycles. The van der Waals surface area contributed by atoms with E-state index in [-0.39, 0.29) is 59.5 Å². The summed E-state index contributed by atoms with van der Waals surface area (Å²) in [6.45, 7) is 5.19. The van der Waals surface area contributed by atoms with Crippen molar-refractivity contribution in [3.63, 3.8) is 0 Å². The van der Waals surface area contributed by atoms with Crippen molar-refractivity contribution in [1.82, 2.24) is 4.57 Å². The quantitative estimate of drug-likeness (QED) is 0.0767. The van der Waals surface area contributed by atoms with Gasteiger partial charge >= 0.3 is 17.6 Å². The lowest BCUT2D eigenvalue weighted by Crippen LogP contribution is -2.40. The number of allylic oxidation sites excluding steroid dienone is 1. The number of carbonyl (C=O) groups is 2. The number of hydrogen-bond donors (Lipinski definition) is 0. The van der Waals surface area contributed by atoms with Crippen LogP contribution in [-0.2, 0) is 25.7 Å². The van der Waals surface area contributed by atoms with Crippen molar-refractivity contribution < 1.29 is 38.2 Å². The van der Waals surface area contributed by atoms with Crippen LogP contribution in [0.2, 0.25) is 0 Å². The smallest absolute Gasteiger partial charge is 0.343 e. The molecule has 15 heteroatoms. The van der Waals surface area contributed by atoms with Gasteiger partial charge in [-0.3, -0.25) is 19.5 Å². The average Bonchev–Trinajstić information content (AvgIpc) is 3.46. The Morgan fingerprint density at radius 3 is 2.52 bits per heavy atom. The molecular formula is C39H34BrN3O10S. The number of fused-ring (bicyclic) bond motifs is 2. The number of methoxy groups -OCH3 is 1. The Bertz CT molecular complexity index is 2500. The molecule has 0 unspecified atom stereocenters. The van der Waals surface area contributed by atoms with Gasteiger partial charge in [0.05, 0.1) is 51.6 Å². The maximum Gasteiger partial charge on any atom is 0.343 e. The fourth-order valence-corrected chi connectivity index (χ4v) is 7.69. The fraction of sp³-hybridized carbons (Fsp3) is 0.231. The van der Waals surface area contributed by atoms with Crippen molar-refractivity contribution >= 4 is 61.7 Å². The summed E-state index contributed by atoms with van der Waals surface area (Å²) in [5.74, 6) is -0.657. The van der Waals surface area contributed by atoms with Gasteiger partial charge in [-0.1, -0.05) is 59.9 Å². The molecule has 54 heavy (non-hydrogen) atoms. The second kappa shape index (κ2) is 16.5. The zero-order valence-corrected chi connectivity index (χ0v) is 32.0. The molecule has 0 fully saturated rings. The zero-order chi connectivity index (χ0) is 38.5. The summed E-state index contributed by atoms with van der Waals surface area (Å²) in [6.07, 6.45) is 1.53. The number of nitro benzene ring substituents is 1. The summed E-state index contributed by atoms with van der Waals surface area (Å²) < 4.78 is 29.5. The van der Waals surface area contributed by atoms with Crippen LogP contribution in [0.25, 0.3) is 16.8 Å². The number of rotatable bonds is 13. The monoisotopic (exact) mass is 815 g/mol. The van der Waals surface area contributed by atoms with Crippen LogP contribution in [0.5, 0.6) is 17.2 Å². The van der Waals surface area contributed by atoms with Gasteiger partial charge in [0.25, 0.3) is 5.56 Å². The molecule has 278 valence electrons. The lowest BCUT2D eigenvalue weighted by atomic mass is 9.95. The third kappa shape index (κ3) is 7.77. The van der Waals surface area contributed by atoms with E-state index in [4.69, 9.17) is 18.9 Å². The number of carbonyl (C=O) groups excluding carboxylic acids is 2. The van der Waals surface area contributed by atoms with E-state index in [1.807, 2.05) is 42.5 Å². The third-order valence-electron chi connectivity index (χ3n) is 8.47. The summed E-state index contributed by atoms with van der Waals surface area (Å²) in [6, 6.07) is 20.5. The van der Waals surface area contributed by atoms with E-state index in [9.17, 15) is 24.5 Å². The van der Waals surface area contributed by atoms with Crippen molar-refractivity contribution in [3.05, 3.63) is 135 Å². The molecule has 2 heterocycles. The molecule has 0 amide bonds. The van der Waals surface area contributed by atoms with Gasteiger partial charge in [0.15, 0.2) is 22.9 Å². The predicted molar refractivity (Wildman–Crippen MR) is 205 cm³/mol. The van der Waals surface area contributed by atoms with Gasteiger partial charge in [0, 0.05) is 6.07 Å². The minimum Gasteiger partial charge on any atom is -0.490 e. The first-order chi connectivity index (χ1) is 26.0. The summed E-state index contributed by atoms with van der Waals surface area (Å²) in [5.41, 5.74) is 1.43. The van der Waals surface area contributed by atoms with Crippen molar-refractivity contribution in [3.8, 4) is 17.2 Å². The third-order valence-corrected chi connectivity index (χ3v) is 10.0. The highest BCUT2D eigenvalue weighted by Gasteiger charge is 2.34. The molecule has 6 rings (SSSR count). The fourth-order valence-electron chi connectivity index (χ4n) is 6.07.